The van der Waals surface area contributed by atoms with Crippen LogP contribution in [-0.4, -0.2) is 13.1 Å². The van der Waals surface area contributed by atoms with Crippen LogP contribution in [-0.2, 0) is 5.75 Å². The Hall–Kier alpha value is -0.830. The van der Waals surface area contributed by atoms with E-state index in [4.69, 9.17) is 23.2 Å². The van der Waals surface area contributed by atoms with Gasteiger partial charge in [-0.25, -0.2) is 0 Å². The van der Waals surface area contributed by atoms with Gasteiger partial charge in [0.1, 0.15) is 0 Å². The molecule has 0 bridgehead atoms. The summed E-state index contributed by atoms with van der Waals surface area (Å²) < 4.78 is 0. The highest BCUT2D eigenvalue weighted by Gasteiger charge is 2.11. The predicted molar refractivity (Wildman–Crippen MR) is 93.9 cm³/mol. The second-order valence-corrected chi connectivity index (χ2v) is 7.09. The van der Waals surface area contributed by atoms with Crippen LogP contribution in [0.25, 0.3) is 0 Å². The number of anilines is 1. The summed E-state index contributed by atoms with van der Waals surface area (Å²) in [6.07, 6.45) is 2.63. The van der Waals surface area contributed by atoms with Gasteiger partial charge in [-0.2, -0.15) is 0 Å². The van der Waals surface area contributed by atoms with Crippen LogP contribution < -0.4 is 4.90 Å². The number of thioether (sulfide) groups is 1. The molecule has 21 heavy (non-hydrogen) atoms. The Morgan fingerprint density at radius 2 is 1.62 bits per heavy atom. The molecule has 0 aliphatic carbocycles. The van der Waals surface area contributed by atoms with Crippen LogP contribution in [0.15, 0.2) is 47.4 Å². The first-order chi connectivity index (χ1) is 10.2. The standard InChI is InChI=1S/C17H17Cl2NS/c18-16-8-3-13(11-17(16)19)12-21-15-6-4-14(5-7-15)20-9-1-2-10-20/h3-8,11H,1-2,9-10,12H2. The summed E-state index contributed by atoms with van der Waals surface area (Å²) in [5.41, 5.74) is 2.53. The quantitative estimate of drug-likeness (QED) is 0.640. The van der Waals surface area contributed by atoms with Gasteiger partial charge in [-0.05, 0) is 54.8 Å². The largest absolute Gasteiger partial charge is 0.372 e. The maximum Gasteiger partial charge on any atom is 0.0595 e. The lowest BCUT2D eigenvalue weighted by Gasteiger charge is -2.17. The molecule has 0 N–H and O–H groups in total. The number of hydrogen-bond donors (Lipinski definition) is 0. The fourth-order valence-electron chi connectivity index (χ4n) is 2.52. The van der Waals surface area contributed by atoms with E-state index in [0.717, 1.165) is 5.75 Å². The molecule has 0 atom stereocenters. The topological polar surface area (TPSA) is 3.24 Å². The van der Waals surface area contributed by atoms with Crippen molar-refractivity contribution in [2.75, 3.05) is 18.0 Å². The van der Waals surface area contributed by atoms with Gasteiger partial charge < -0.3 is 4.90 Å². The monoisotopic (exact) mass is 337 g/mol. The molecule has 2 aromatic carbocycles. The molecule has 1 aliphatic heterocycles. The Bertz CT molecular complexity index is 607. The first-order valence-corrected chi connectivity index (χ1v) is 8.88. The number of rotatable bonds is 4. The molecule has 0 aromatic heterocycles. The van der Waals surface area contributed by atoms with E-state index in [1.807, 2.05) is 30.0 Å². The van der Waals surface area contributed by atoms with E-state index in [0.29, 0.717) is 10.0 Å². The van der Waals surface area contributed by atoms with Crippen molar-refractivity contribution in [1.29, 1.82) is 0 Å². The Kier molecular flexibility index (Phi) is 4.99. The van der Waals surface area contributed by atoms with E-state index in [9.17, 15) is 0 Å². The summed E-state index contributed by atoms with van der Waals surface area (Å²) >= 11 is 13.8. The minimum Gasteiger partial charge on any atom is -0.372 e. The molecule has 0 amide bonds. The highest BCUT2D eigenvalue weighted by atomic mass is 35.5. The zero-order chi connectivity index (χ0) is 14.7. The minimum absolute atomic E-state index is 0.611. The first-order valence-electron chi connectivity index (χ1n) is 7.14. The van der Waals surface area contributed by atoms with Crippen molar-refractivity contribution in [3.05, 3.63) is 58.1 Å². The van der Waals surface area contributed by atoms with Gasteiger partial charge >= 0.3 is 0 Å². The van der Waals surface area contributed by atoms with Crippen molar-refractivity contribution in [3.63, 3.8) is 0 Å². The average molecular weight is 338 g/mol. The van der Waals surface area contributed by atoms with Gasteiger partial charge in [0.25, 0.3) is 0 Å². The van der Waals surface area contributed by atoms with Gasteiger partial charge in [-0.3, -0.25) is 0 Å². The normalized spacial score (nSPS) is 14.7. The van der Waals surface area contributed by atoms with Crippen molar-refractivity contribution in [2.45, 2.75) is 23.5 Å². The summed E-state index contributed by atoms with van der Waals surface area (Å²) in [6.45, 7) is 2.38. The van der Waals surface area contributed by atoms with Crippen LogP contribution >= 0.6 is 35.0 Å². The summed E-state index contributed by atoms with van der Waals surface area (Å²) in [7, 11) is 0. The molecule has 2 aromatic rings. The van der Waals surface area contributed by atoms with Crippen molar-refractivity contribution in [3.8, 4) is 0 Å². The first kappa shape index (κ1) is 15.1. The molecule has 0 saturated carbocycles. The SMILES string of the molecule is Clc1ccc(CSc2ccc(N3CCCC3)cc2)cc1Cl. The van der Waals surface area contributed by atoms with E-state index >= 15 is 0 Å². The fraction of sp³-hybridized carbons (Fsp3) is 0.294. The Morgan fingerprint density at radius 1 is 0.905 bits per heavy atom. The van der Waals surface area contributed by atoms with Crippen molar-refractivity contribution < 1.29 is 0 Å². The summed E-state index contributed by atoms with van der Waals surface area (Å²) in [6, 6.07) is 14.7. The van der Waals surface area contributed by atoms with E-state index in [1.54, 1.807) is 0 Å². The molecule has 1 fully saturated rings. The zero-order valence-electron chi connectivity index (χ0n) is 11.7. The lowest BCUT2D eigenvalue weighted by Crippen LogP contribution is -2.17. The van der Waals surface area contributed by atoms with E-state index in [-0.39, 0.29) is 0 Å². The molecule has 3 rings (SSSR count). The van der Waals surface area contributed by atoms with Crippen LogP contribution in [0.4, 0.5) is 5.69 Å². The maximum atomic E-state index is 6.04. The molecular formula is C17H17Cl2NS. The highest BCUT2D eigenvalue weighted by Crippen LogP contribution is 2.29. The smallest absolute Gasteiger partial charge is 0.0595 e. The Labute approximate surface area is 140 Å². The molecule has 0 radical (unpaired) electrons. The van der Waals surface area contributed by atoms with Crippen LogP contribution in [0.2, 0.25) is 10.0 Å². The lowest BCUT2D eigenvalue weighted by atomic mass is 10.2. The number of benzene rings is 2. The molecule has 0 spiro atoms. The molecule has 0 unspecified atom stereocenters. The van der Waals surface area contributed by atoms with E-state index < -0.39 is 0 Å². The Morgan fingerprint density at radius 3 is 2.29 bits per heavy atom. The highest BCUT2D eigenvalue weighted by molar-refractivity contribution is 7.98. The predicted octanol–water partition coefficient (Wildman–Crippen LogP) is 5.89. The van der Waals surface area contributed by atoms with Gasteiger partial charge in [0.05, 0.1) is 10.0 Å². The summed E-state index contributed by atoms with van der Waals surface area (Å²) in [5, 5.41) is 1.24. The zero-order valence-corrected chi connectivity index (χ0v) is 14.0. The van der Waals surface area contributed by atoms with Gasteiger partial charge in [-0.1, -0.05) is 29.3 Å². The van der Waals surface area contributed by atoms with Crippen molar-refractivity contribution >= 4 is 40.7 Å². The van der Waals surface area contributed by atoms with Crippen LogP contribution in [0, 0.1) is 0 Å². The van der Waals surface area contributed by atoms with Crippen molar-refractivity contribution in [2.24, 2.45) is 0 Å². The van der Waals surface area contributed by atoms with Gasteiger partial charge in [0, 0.05) is 29.4 Å². The van der Waals surface area contributed by atoms with Gasteiger partial charge in [0.2, 0.25) is 0 Å². The molecule has 1 heterocycles. The fourth-order valence-corrected chi connectivity index (χ4v) is 3.69. The summed E-state index contributed by atoms with van der Waals surface area (Å²) in [4.78, 5) is 3.73. The second kappa shape index (κ2) is 6.95. The Balaban J connectivity index is 1.61. The number of halogens is 2. The van der Waals surface area contributed by atoms with E-state index in [2.05, 4.69) is 29.2 Å². The maximum absolute atomic E-state index is 6.04. The third kappa shape index (κ3) is 3.88. The molecule has 1 aliphatic rings. The van der Waals surface area contributed by atoms with Crippen LogP contribution in [0.5, 0.6) is 0 Å². The lowest BCUT2D eigenvalue weighted by molar-refractivity contribution is 0.949. The van der Waals surface area contributed by atoms with Crippen molar-refractivity contribution in [1.82, 2.24) is 0 Å². The number of hydrogen-bond acceptors (Lipinski definition) is 2. The van der Waals surface area contributed by atoms with E-state index in [1.165, 1.54) is 42.1 Å². The third-order valence-electron chi connectivity index (χ3n) is 3.70. The molecular weight excluding hydrogens is 321 g/mol. The number of nitrogens with zero attached hydrogens (tertiary/aromatic N) is 1. The minimum atomic E-state index is 0.611. The van der Waals surface area contributed by atoms with Gasteiger partial charge in [0.15, 0.2) is 0 Å². The van der Waals surface area contributed by atoms with Gasteiger partial charge in [-0.15, -0.1) is 11.8 Å². The molecule has 1 saturated heterocycles. The molecule has 1 nitrogen and oxygen atoms in total. The van der Waals surface area contributed by atoms with Crippen LogP contribution in [0.1, 0.15) is 18.4 Å². The average Bonchev–Trinajstić information content (AvgIpc) is 3.03. The molecule has 110 valence electrons. The molecule has 4 heteroatoms. The summed E-state index contributed by atoms with van der Waals surface area (Å²) in [5.74, 6) is 0.903. The van der Waals surface area contributed by atoms with Crippen LogP contribution in [0.3, 0.4) is 0 Å². The third-order valence-corrected chi connectivity index (χ3v) is 5.52. The second-order valence-electron chi connectivity index (χ2n) is 5.23.